The number of amides is 1. The zero-order chi connectivity index (χ0) is 15.5. The van der Waals surface area contributed by atoms with Crippen LogP contribution in [0.15, 0.2) is 28.9 Å². The van der Waals surface area contributed by atoms with Crippen molar-refractivity contribution >= 4 is 16.9 Å². The first kappa shape index (κ1) is 15.1. The topological polar surface area (TPSA) is 33.5 Å². The summed E-state index contributed by atoms with van der Waals surface area (Å²) in [5, 5.41) is 1.07. The summed E-state index contributed by atoms with van der Waals surface area (Å²) in [4.78, 5) is 14.8. The number of hydrogen-bond donors (Lipinski definition) is 0. The quantitative estimate of drug-likeness (QED) is 0.835. The minimum atomic E-state index is 0.234. The average Bonchev–Trinajstić information content (AvgIpc) is 2.91. The van der Waals surface area contributed by atoms with Crippen molar-refractivity contribution in [2.24, 2.45) is 0 Å². The fraction of sp³-hybridized carbons (Fsp3) is 0.526. The van der Waals surface area contributed by atoms with Crippen molar-refractivity contribution in [3.8, 4) is 0 Å². The lowest BCUT2D eigenvalue weighted by atomic mass is 9.93. The summed E-state index contributed by atoms with van der Waals surface area (Å²) in [5.74, 6) is 0.234. The van der Waals surface area contributed by atoms with Gasteiger partial charge in [0.2, 0.25) is 5.91 Å². The van der Waals surface area contributed by atoms with Crippen LogP contribution in [-0.2, 0) is 11.2 Å². The molecule has 1 aromatic heterocycles. The van der Waals surface area contributed by atoms with E-state index in [0.29, 0.717) is 12.5 Å². The van der Waals surface area contributed by atoms with Gasteiger partial charge < -0.3 is 9.32 Å². The average molecular weight is 299 g/mol. The predicted molar refractivity (Wildman–Crippen MR) is 88.9 cm³/mol. The number of fused-ring (bicyclic) bond motifs is 1. The lowest BCUT2D eigenvalue weighted by molar-refractivity contribution is -0.133. The summed E-state index contributed by atoms with van der Waals surface area (Å²) >= 11 is 0. The van der Waals surface area contributed by atoms with Crippen molar-refractivity contribution in [1.29, 1.82) is 0 Å². The van der Waals surface area contributed by atoms with Crippen LogP contribution < -0.4 is 0 Å². The third-order valence-corrected chi connectivity index (χ3v) is 4.83. The summed E-state index contributed by atoms with van der Waals surface area (Å²) in [6, 6.07) is 6.60. The highest BCUT2D eigenvalue weighted by Crippen LogP contribution is 2.26. The first-order chi connectivity index (χ1) is 10.7. The number of carbonyl (C=O) groups excluding carboxylic acids is 1. The van der Waals surface area contributed by atoms with Crippen LogP contribution in [0.2, 0.25) is 0 Å². The molecule has 1 aliphatic carbocycles. The van der Waals surface area contributed by atoms with Gasteiger partial charge in [-0.15, -0.1) is 0 Å². The first-order valence-corrected chi connectivity index (χ1v) is 8.45. The zero-order valence-corrected chi connectivity index (χ0v) is 13.6. The molecule has 0 aliphatic heterocycles. The maximum absolute atomic E-state index is 12.7. The van der Waals surface area contributed by atoms with E-state index in [4.69, 9.17) is 4.42 Å². The van der Waals surface area contributed by atoms with E-state index in [9.17, 15) is 4.79 Å². The van der Waals surface area contributed by atoms with Gasteiger partial charge in [-0.3, -0.25) is 4.79 Å². The molecule has 0 unspecified atom stereocenters. The van der Waals surface area contributed by atoms with E-state index < -0.39 is 0 Å². The Balaban J connectivity index is 1.76. The Hall–Kier alpha value is -1.77. The van der Waals surface area contributed by atoms with Gasteiger partial charge >= 0.3 is 0 Å². The molecule has 3 rings (SSSR count). The molecule has 1 fully saturated rings. The maximum atomic E-state index is 12.7. The van der Waals surface area contributed by atoms with Crippen LogP contribution in [-0.4, -0.2) is 23.4 Å². The van der Waals surface area contributed by atoms with Crippen LogP contribution in [0.3, 0.4) is 0 Å². The Bertz CT molecular complexity index is 652. The van der Waals surface area contributed by atoms with Gasteiger partial charge in [0.05, 0.1) is 12.7 Å². The van der Waals surface area contributed by atoms with Crippen molar-refractivity contribution < 1.29 is 9.21 Å². The molecule has 3 heteroatoms. The smallest absolute Gasteiger partial charge is 0.227 e. The van der Waals surface area contributed by atoms with E-state index in [1.807, 2.05) is 6.07 Å². The molecule has 118 valence electrons. The molecule has 0 bridgehead atoms. The van der Waals surface area contributed by atoms with Gasteiger partial charge in [0, 0.05) is 23.5 Å². The standard InChI is InChI=1S/C19H25NO2/c1-3-20(16-7-5-4-6-8-16)19(21)12-15-13-22-18-11-14(2)9-10-17(15)18/h9-11,13,16H,3-8,12H2,1-2H3. The van der Waals surface area contributed by atoms with Gasteiger partial charge in [-0.1, -0.05) is 31.4 Å². The lowest BCUT2D eigenvalue weighted by Crippen LogP contribution is -2.42. The third kappa shape index (κ3) is 3.03. The number of aryl methyl sites for hydroxylation is 1. The molecule has 2 aromatic rings. The molecule has 0 N–H and O–H groups in total. The fourth-order valence-corrected chi connectivity index (χ4v) is 3.62. The molecule has 0 spiro atoms. The Morgan fingerprint density at radius 2 is 2.05 bits per heavy atom. The number of nitrogens with zero attached hydrogens (tertiary/aromatic N) is 1. The van der Waals surface area contributed by atoms with E-state index in [0.717, 1.165) is 35.9 Å². The number of hydrogen-bond acceptors (Lipinski definition) is 2. The Morgan fingerprint density at radius 3 is 2.77 bits per heavy atom. The van der Waals surface area contributed by atoms with Gasteiger partial charge in [0.25, 0.3) is 0 Å². The number of furan rings is 1. The first-order valence-electron chi connectivity index (χ1n) is 8.45. The lowest BCUT2D eigenvalue weighted by Gasteiger charge is -2.33. The highest BCUT2D eigenvalue weighted by Gasteiger charge is 2.24. The minimum Gasteiger partial charge on any atom is -0.464 e. The molecule has 1 heterocycles. The summed E-state index contributed by atoms with van der Waals surface area (Å²) in [6.45, 7) is 4.94. The highest BCUT2D eigenvalue weighted by molar-refractivity contribution is 5.88. The molecule has 0 atom stereocenters. The van der Waals surface area contributed by atoms with Crippen LogP contribution in [0, 0.1) is 6.92 Å². The van der Waals surface area contributed by atoms with E-state index in [1.54, 1.807) is 6.26 Å². The Morgan fingerprint density at radius 1 is 1.27 bits per heavy atom. The minimum absolute atomic E-state index is 0.234. The van der Waals surface area contributed by atoms with Crippen molar-refractivity contribution in [2.75, 3.05) is 6.54 Å². The number of carbonyl (C=O) groups is 1. The SMILES string of the molecule is CCN(C(=O)Cc1coc2cc(C)ccc12)C1CCCCC1. The van der Waals surface area contributed by atoms with Crippen LogP contribution >= 0.6 is 0 Å². The highest BCUT2D eigenvalue weighted by atomic mass is 16.3. The van der Waals surface area contributed by atoms with Crippen molar-refractivity contribution in [1.82, 2.24) is 4.90 Å². The summed E-state index contributed by atoms with van der Waals surface area (Å²) in [7, 11) is 0. The van der Waals surface area contributed by atoms with Gasteiger partial charge in [0.1, 0.15) is 5.58 Å². The second-order valence-corrected chi connectivity index (χ2v) is 6.41. The molecular formula is C19H25NO2. The van der Waals surface area contributed by atoms with Gasteiger partial charge in [-0.2, -0.15) is 0 Å². The van der Waals surface area contributed by atoms with E-state index >= 15 is 0 Å². The predicted octanol–water partition coefficient (Wildman–Crippen LogP) is 4.46. The number of benzene rings is 1. The molecule has 22 heavy (non-hydrogen) atoms. The van der Waals surface area contributed by atoms with E-state index in [2.05, 4.69) is 30.9 Å². The molecule has 0 saturated heterocycles. The monoisotopic (exact) mass is 299 g/mol. The molecule has 1 aromatic carbocycles. The summed E-state index contributed by atoms with van der Waals surface area (Å²) < 4.78 is 5.62. The van der Waals surface area contributed by atoms with Gasteiger partial charge in [0.15, 0.2) is 0 Å². The molecule has 1 amide bonds. The van der Waals surface area contributed by atoms with Crippen molar-refractivity contribution in [2.45, 2.75) is 58.4 Å². The fourth-order valence-electron chi connectivity index (χ4n) is 3.62. The second kappa shape index (κ2) is 6.55. The summed E-state index contributed by atoms with van der Waals surface area (Å²) in [6.07, 6.45) is 8.33. The van der Waals surface area contributed by atoms with Gasteiger partial charge in [-0.25, -0.2) is 0 Å². The Kier molecular flexibility index (Phi) is 4.51. The normalized spacial score (nSPS) is 16.1. The Labute approximate surface area is 132 Å². The third-order valence-electron chi connectivity index (χ3n) is 4.83. The largest absolute Gasteiger partial charge is 0.464 e. The molecule has 1 saturated carbocycles. The van der Waals surface area contributed by atoms with Crippen LogP contribution in [0.4, 0.5) is 0 Å². The summed E-state index contributed by atoms with van der Waals surface area (Å²) in [5.41, 5.74) is 3.06. The maximum Gasteiger partial charge on any atom is 0.227 e. The van der Waals surface area contributed by atoms with E-state index in [-0.39, 0.29) is 5.91 Å². The van der Waals surface area contributed by atoms with Crippen LogP contribution in [0.5, 0.6) is 0 Å². The molecular weight excluding hydrogens is 274 g/mol. The van der Waals surface area contributed by atoms with E-state index in [1.165, 1.54) is 24.8 Å². The molecule has 3 nitrogen and oxygen atoms in total. The molecule has 0 radical (unpaired) electrons. The second-order valence-electron chi connectivity index (χ2n) is 6.41. The van der Waals surface area contributed by atoms with Crippen LogP contribution in [0.25, 0.3) is 11.0 Å². The van der Waals surface area contributed by atoms with Crippen molar-refractivity contribution in [3.05, 3.63) is 35.6 Å². The number of rotatable bonds is 4. The zero-order valence-electron chi connectivity index (χ0n) is 13.6. The van der Waals surface area contributed by atoms with Crippen LogP contribution in [0.1, 0.15) is 50.2 Å². The van der Waals surface area contributed by atoms with Gasteiger partial charge in [-0.05, 0) is 38.3 Å². The molecule has 1 aliphatic rings. The number of likely N-dealkylation sites (N-methyl/N-ethyl adjacent to an activating group) is 1. The van der Waals surface area contributed by atoms with Crippen molar-refractivity contribution in [3.63, 3.8) is 0 Å².